The number of nitrogens with zero attached hydrogens (tertiary/aromatic N) is 2. The molecule has 4 aromatic rings. The molecule has 1 fully saturated rings. The van der Waals surface area contributed by atoms with Crippen molar-refractivity contribution in [2.24, 2.45) is 0 Å². The lowest BCUT2D eigenvalue weighted by molar-refractivity contribution is 0.439. The summed E-state index contributed by atoms with van der Waals surface area (Å²) in [6.45, 7) is 2.08. The van der Waals surface area contributed by atoms with Crippen molar-refractivity contribution in [2.75, 3.05) is 4.90 Å². The number of benzene rings is 2. The van der Waals surface area contributed by atoms with Gasteiger partial charge in [-0.15, -0.1) is 0 Å². The maximum absolute atomic E-state index is 6.36. The number of nitrogens with one attached hydrogen (secondary N) is 1. The number of anilines is 1. The highest BCUT2D eigenvalue weighted by atomic mass is 35.5. The molecule has 2 aromatic heterocycles. The molecular formula is C25H20ClN3OS. The zero-order valence-corrected chi connectivity index (χ0v) is 18.4. The summed E-state index contributed by atoms with van der Waals surface area (Å²) in [5.74, 6) is 1.60. The van der Waals surface area contributed by atoms with Crippen molar-refractivity contribution in [3.8, 4) is 11.3 Å². The molecule has 154 valence electrons. The smallest absolute Gasteiger partial charge is 0.174 e. The maximum Gasteiger partial charge on any atom is 0.174 e. The van der Waals surface area contributed by atoms with Gasteiger partial charge in [0.15, 0.2) is 5.11 Å². The Labute approximate surface area is 191 Å². The summed E-state index contributed by atoms with van der Waals surface area (Å²) in [7, 11) is 0. The van der Waals surface area contributed by atoms with Crippen LogP contribution in [-0.4, -0.2) is 10.1 Å². The number of aromatic nitrogens is 1. The average molecular weight is 446 g/mol. The Morgan fingerprint density at radius 3 is 2.58 bits per heavy atom. The fourth-order valence-corrected chi connectivity index (χ4v) is 4.45. The van der Waals surface area contributed by atoms with E-state index in [9.17, 15) is 0 Å². The number of hydrogen-bond acceptors (Lipinski definition) is 3. The molecule has 0 aliphatic carbocycles. The number of pyridine rings is 1. The first-order chi connectivity index (χ1) is 15.1. The summed E-state index contributed by atoms with van der Waals surface area (Å²) in [4.78, 5) is 6.70. The van der Waals surface area contributed by atoms with Crippen LogP contribution in [-0.2, 0) is 0 Å². The molecule has 1 aliphatic heterocycles. The molecule has 4 nitrogen and oxygen atoms in total. The Balaban J connectivity index is 1.60. The van der Waals surface area contributed by atoms with Crippen LogP contribution in [0.3, 0.4) is 0 Å². The summed E-state index contributed by atoms with van der Waals surface area (Å²) in [6, 6.07) is 25.5. The molecule has 1 aliphatic rings. The predicted octanol–water partition coefficient (Wildman–Crippen LogP) is 6.48. The third kappa shape index (κ3) is 3.82. The van der Waals surface area contributed by atoms with Gasteiger partial charge in [0.2, 0.25) is 0 Å². The molecule has 2 atom stereocenters. The van der Waals surface area contributed by atoms with E-state index in [1.807, 2.05) is 60.7 Å². The van der Waals surface area contributed by atoms with Crippen LogP contribution in [0.5, 0.6) is 0 Å². The molecule has 0 amide bonds. The Morgan fingerprint density at radius 1 is 1.00 bits per heavy atom. The SMILES string of the molecule is Cc1cccc(N2C(=S)N[C@H](c3ccccn3)[C@H]2c2ccc(-c3ccc(Cl)cc3)o2)c1. The molecule has 1 N–H and O–H groups in total. The highest BCUT2D eigenvalue weighted by Gasteiger charge is 2.42. The van der Waals surface area contributed by atoms with Crippen LogP contribution in [0.2, 0.25) is 5.02 Å². The van der Waals surface area contributed by atoms with Crippen LogP contribution in [0.1, 0.15) is 29.1 Å². The summed E-state index contributed by atoms with van der Waals surface area (Å²) < 4.78 is 6.36. The monoisotopic (exact) mass is 445 g/mol. The van der Waals surface area contributed by atoms with Gasteiger partial charge in [-0.3, -0.25) is 4.98 Å². The van der Waals surface area contributed by atoms with Gasteiger partial charge in [-0.2, -0.15) is 0 Å². The highest BCUT2D eigenvalue weighted by Crippen LogP contribution is 2.43. The van der Waals surface area contributed by atoms with Crippen molar-refractivity contribution in [3.05, 3.63) is 107 Å². The first kappa shape index (κ1) is 19.8. The van der Waals surface area contributed by atoms with E-state index in [4.69, 9.17) is 28.2 Å². The normalized spacial score (nSPS) is 18.3. The average Bonchev–Trinajstić information content (AvgIpc) is 3.39. The van der Waals surface area contributed by atoms with Crippen LogP contribution in [0, 0.1) is 6.92 Å². The third-order valence-corrected chi connectivity index (χ3v) is 5.99. The summed E-state index contributed by atoms with van der Waals surface area (Å²) in [6.07, 6.45) is 1.80. The molecule has 0 spiro atoms. The number of rotatable bonds is 4. The lowest BCUT2D eigenvalue weighted by Crippen LogP contribution is -2.29. The number of hydrogen-bond donors (Lipinski definition) is 1. The van der Waals surface area contributed by atoms with Crippen LogP contribution in [0.15, 0.2) is 89.5 Å². The predicted molar refractivity (Wildman–Crippen MR) is 128 cm³/mol. The lowest BCUT2D eigenvalue weighted by Gasteiger charge is -2.26. The number of furan rings is 1. The van der Waals surface area contributed by atoms with Gasteiger partial charge in [-0.25, -0.2) is 0 Å². The van der Waals surface area contributed by atoms with Crippen molar-refractivity contribution >= 4 is 34.6 Å². The number of aryl methyl sites for hydroxylation is 1. The van der Waals surface area contributed by atoms with Crippen molar-refractivity contribution in [1.82, 2.24) is 10.3 Å². The fourth-order valence-electron chi connectivity index (χ4n) is 3.98. The fraction of sp³-hybridized carbons (Fsp3) is 0.120. The molecule has 0 saturated carbocycles. The van der Waals surface area contributed by atoms with Crippen molar-refractivity contribution < 1.29 is 4.42 Å². The molecule has 31 heavy (non-hydrogen) atoms. The Hall–Kier alpha value is -3.15. The summed E-state index contributed by atoms with van der Waals surface area (Å²) in [5, 5.41) is 4.81. The molecule has 1 saturated heterocycles. The van der Waals surface area contributed by atoms with Gasteiger partial charge >= 0.3 is 0 Å². The first-order valence-electron chi connectivity index (χ1n) is 10.0. The van der Waals surface area contributed by atoms with Gasteiger partial charge in [0, 0.05) is 22.5 Å². The lowest BCUT2D eigenvalue weighted by atomic mass is 10.0. The zero-order chi connectivity index (χ0) is 21.4. The number of thiocarbonyl (C=S) groups is 1. The molecule has 2 aromatic carbocycles. The molecule has 0 unspecified atom stereocenters. The van der Waals surface area contributed by atoms with Crippen LogP contribution >= 0.6 is 23.8 Å². The third-order valence-electron chi connectivity index (χ3n) is 5.42. The second-order valence-corrected chi connectivity index (χ2v) is 8.37. The quantitative estimate of drug-likeness (QED) is 0.364. The van der Waals surface area contributed by atoms with E-state index >= 15 is 0 Å². The molecule has 5 rings (SSSR count). The summed E-state index contributed by atoms with van der Waals surface area (Å²) >= 11 is 11.8. The van der Waals surface area contributed by atoms with Crippen LogP contribution in [0.25, 0.3) is 11.3 Å². The minimum atomic E-state index is -0.176. The van der Waals surface area contributed by atoms with Crippen molar-refractivity contribution in [1.29, 1.82) is 0 Å². The standard InChI is InChI=1S/C25H20ClN3OS/c1-16-5-4-6-19(15-16)29-24(23(28-25(29)31)20-7-2-3-14-27-20)22-13-12-21(30-22)17-8-10-18(26)11-9-17/h2-15,23-24H,1H3,(H,28,31)/t23-,24-/m1/s1. The topological polar surface area (TPSA) is 41.3 Å². The minimum Gasteiger partial charge on any atom is -0.459 e. The van der Waals surface area contributed by atoms with Crippen LogP contribution < -0.4 is 10.2 Å². The van der Waals surface area contributed by atoms with Gasteiger partial charge in [0.05, 0.1) is 11.7 Å². The Morgan fingerprint density at radius 2 is 1.84 bits per heavy atom. The molecule has 3 heterocycles. The molecule has 6 heteroatoms. The molecule has 0 radical (unpaired) electrons. The largest absolute Gasteiger partial charge is 0.459 e. The van der Waals surface area contributed by atoms with E-state index in [0.29, 0.717) is 10.1 Å². The van der Waals surface area contributed by atoms with E-state index < -0.39 is 0 Å². The Bertz CT molecular complexity index is 1220. The second kappa shape index (κ2) is 8.17. The van der Waals surface area contributed by atoms with Gasteiger partial charge in [0.25, 0.3) is 0 Å². The van der Waals surface area contributed by atoms with E-state index in [1.54, 1.807) is 6.20 Å². The van der Waals surface area contributed by atoms with Gasteiger partial charge < -0.3 is 14.6 Å². The van der Waals surface area contributed by atoms with Crippen molar-refractivity contribution in [3.63, 3.8) is 0 Å². The highest BCUT2D eigenvalue weighted by molar-refractivity contribution is 7.80. The maximum atomic E-state index is 6.36. The van der Waals surface area contributed by atoms with E-state index in [1.165, 1.54) is 5.56 Å². The summed E-state index contributed by atoms with van der Waals surface area (Å²) in [5.41, 5.74) is 4.07. The molecule has 0 bridgehead atoms. The van der Waals surface area contributed by atoms with E-state index in [0.717, 1.165) is 28.5 Å². The van der Waals surface area contributed by atoms with Crippen molar-refractivity contribution in [2.45, 2.75) is 19.0 Å². The van der Waals surface area contributed by atoms with Gasteiger partial charge in [-0.1, -0.05) is 29.8 Å². The van der Waals surface area contributed by atoms with E-state index in [-0.39, 0.29) is 12.1 Å². The Kier molecular flexibility index (Phi) is 5.22. The second-order valence-electron chi connectivity index (χ2n) is 7.54. The van der Waals surface area contributed by atoms with Crippen LogP contribution in [0.4, 0.5) is 5.69 Å². The number of halogens is 1. The molecular weight excluding hydrogens is 426 g/mol. The minimum absolute atomic E-state index is 0.140. The first-order valence-corrected chi connectivity index (χ1v) is 10.8. The zero-order valence-electron chi connectivity index (χ0n) is 16.8. The van der Waals surface area contributed by atoms with E-state index in [2.05, 4.69) is 40.3 Å². The van der Waals surface area contributed by atoms with Gasteiger partial charge in [-0.05, 0) is 85.4 Å². The van der Waals surface area contributed by atoms with Gasteiger partial charge in [0.1, 0.15) is 17.6 Å².